The summed E-state index contributed by atoms with van der Waals surface area (Å²) in [4.78, 5) is 14.6. The van der Waals surface area contributed by atoms with Crippen molar-refractivity contribution >= 4 is 39.7 Å². The van der Waals surface area contributed by atoms with Crippen molar-refractivity contribution in [2.75, 3.05) is 38.4 Å². The minimum Gasteiger partial charge on any atom is -0.376 e. The number of rotatable bonds is 5. The second-order valence-electron chi connectivity index (χ2n) is 6.97. The first-order valence-corrected chi connectivity index (χ1v) is 9.87. The van der Waals surface area contributed by atoms with E-state index in [0.29, 0.717) is 12.1 Å². The Balaban J connectivity index is 0.00000338. The van der Waals surface area contributed by atoms with E-state index in [1.54, 1.807) is 12.1 Å². The van der Waals surface area contributed by atoms with Crippen LogP contribution in [0.15, 0.2) is 23.1 Å². The number of hydrogen-bond donors (Lipinski definition) is 2. The van der Waals surface area contributed by atoms with Crippen LogP contribution in [0.3, 0.4) is 0 Å². The van der Waals surface area contributed by atoms with E-state index in [0.717, 1.165) is 29.3 Å². The maximum atomic E-state index is 12.6. The maximum absolute atomic E-state index is 12.6. The van der Waals surface area contributed by atoms with Gasteiger partial charge in [-0.2, -0.15) is 0 Å². The van der Waals surface area contributed by atoms with E-state index in [9.17, 15) is 13.2 Å². The third kappa shape index (κ3) is 5.09. The quantitative estimate of drug-likeness (QED) is 0.781. The van der Waals surface area contributed by atoms with E-state index >= 15 is 0 Å². The van der Waals surface area contributed by atoms with Crippen LogP contribution in [0.4, 0.5) is 11.4 Å². The SMILES string of the molecule is CN(C)c1ccc(S(=O)(=O)N(C)C)cc1NC(=O)C1CCCC(N)C1.Cl. The van der Waals surface area contributed by atoms with Crippen LogP contribution in [-0.2, 0) is 14.8 Å². The highest BCUT2D eigenvalue weighted by Crippen LogP contribution is 2.31. The van der Waals surface area contributed by atoms with Gasteiger partial charge in [0.15, 0.2) is 0 Å². The molecule has 0 spiro atoms. The number of halogens is 1. The number of benzene rings is 1. The summed E-state index contributed by atoms with van der Waals surface area (Å²) in [5, 5.41) is 2.91. The number of nitrogens with one attached hydrogen (secondary N) is 1. The number of nitrogens with two attached hydrogens (primary N) is 1. The fourth-order valence-corrected chi connectivity index (χ4v) is 4.01. The molecule has 0 radical (unpaired) electrons. The van der Waals surface area contributed by atoms with Crippen molar-refractivity contribution in [3.63, 3.8) is 0 Å². The van der Waals surface area contributed by atoms with E-state index < -0.39 is 10.0 Å². The van der Waals surface area contributed by atoms with Crippen LogP contribution in [0.2, 0.25) is 0 Å². The number of sulfonamides is 1. The second-order valence-corrected chi connectivity index (χ2v) is 9.13. The molecule has 1 aromatic carbocycles. The summed E-state index contributed by atoms with van der Waals surface area (Å²) in [6, 6.07) is 4.83. The lowest BCUT2D eigenvalue weighted by Crippen LogP contribution is -2.34. The summed E-state index contributed by atoms with van der Waals surface area (Å²) < 4.78 is 25.9. The van der Waals surface area contributed by atoms with Crippen LogP contribution in [0, 0.1) is 5.92 Å². The Morgan fingerprint density at radius 1 is 1.19 bits per heavy atom. The molecular weight excluding hydrogens is 376 g/mol. The molecule has 26 heavy (non-hydrogen) atoms. The van der Waals surface area contributed by atoms with Gasteiger partial charge in [-0.3, -0.25) is 4.79 Å². The lowest BCUT2D eigenvalue weighted by atomic mass is 9.85. The van der Waals surface area contributed by atoms with Gasteiger partial charge in [0.25, 0.3) is 0 Å². The highest BCUT2D eigenvalue weighted by molar-refractivity contribution is 7.89. The number of nitrogens with zero attached hydrogens (tertiary/aromatic N) is 2. The first-order chi connectivity index (χ1) is 11.6. The number of carbonyl (C=O) groups is 1. The molecule has 0 saturated heterocycles. The third-order valence-corrected chi connectivity index (χ3v) is 6.38. The standard InChI is InChI=1S/C17H28N4O3S.ClH/c1-20(2)16-9-8-14(25(23,24)21(3)4)11-15(16)19-17(22)12-6-5-7-13(18)10-12;/h8-9,11-13H,5-7,10,18H2,1-4H3,(H,19,22);1H. The summed E-state index contributed by atoms with van der Waals surface area (Å²) in [5.41, 5.74) is 7.23. The fourth-order valence-electron chi connectivity index (χ4n) is 3.08. The molecule has 1 aliphatic carbocycles. The van der Waals surface area contributed by atoms with Gasteiger partial charge in [0.05, 0.1) is 16.3 Å². The monoisotopic (exact) mass is 404 g/mol. The van der Waals surface area contributed by atoms with Crippen LogP contribution >= 0.6 is 12.4 Å². The highest BCUT2D eigenvalue weighted by atomic mass is 35.5. The molecule has 7 nitrogen and oxygen atoms in total. The van der Waals surface area contributed by atoms with Crippen LogP contribution in [0.1, 0.15) is 25.7 Å². The predicted molar refractivity (Wildman–Crippen MR) is 107 cm³/mol. The van der Waals surface area contributed by atoms with Crippen molar-refractivity contribution in [1.29, 1.82) is 0 Å². The Bertz CT molecular complexity index is 738. The molecule has 1 aromatic rings. The molecule has 0 bridgehead atoms. The van der Waals surface area contributed by atoms with Crippen LogP contribution in [-0.4, -0.2) is 52.9 Å². The summed E-state index contributed by atoms with van der Waals surface area (Å²) in [6.45, 7) is 0. The van der Waals surface area contributed by atoms with Gasteiger partial charge in [-0.1, -0.05) is 6.42 Å². The first kappa shape index (κ1) is 22.7. The Morgan fingerprint density at radius 3 is 2.38 bits per heavy atom. The second kappa shape index (κ2) is 9.03. The van der Waals surface area contributed by atoms with Gasteiger partial charge in [0.1, 0.15) is 0 Å². The smallest absolute Gasteiger partial charge is 0.242 e. The molecule has 2 unspecified atom stereocenters. The fraction of sp³-hybridized carbons (Fsp3) is 0.588. The number of carbonyl (C=O) groups excluding carboxylic acids is 1. The van der Waals surface area contributed by atoms with E-state index in [1.807, 2.05) is 19.0 Å². The van der Waals surface area contributed by atoms with Crippen LogP contribution in [0.5, 0.6) is 0 Å². The topological polar surface area (TPSA) is 95.7 Å². The van der Waals surface area contributed by atoms with Crippen molar-refractivity contribution in [1.82, 2.24) is 4.31 Å². The zero-order valence-electron chi connectivity index (χ0n) is 15.7. The summed E-state index contributed by atoms with van der Waals surface area (Å²) in [5.74, 6) is -0.231. The van der Waals surface area contributed by atoms with Crippen LogP contribution < -0.4 is 16.0 Å². The molecule has 1 amide bonds. The van der Waals surface area contributed by atoms with Gasteiger partial charge < -0.3 is 16.0 Å². The molecule has 0 aliphatic heterocycles. The molecule has 0 heterocycles. The number of anilines is 2. The van der Waals surface area contributed by atoms with Gasteiger partial charge in [-0.05, 0) is 37.5 Å². The molecule has 3 N–H and O–H groups in total. The third-order valence-electron chi connectivity index (χ3n) is 4.57. The molecule has 9 heteroatoms. The highest BCUT2D eigenvalue weighted by Gasteiger charge is 2.27. The van der Waals surface area contributed by atoms with Crippen molar-refractivity contribution < 1.29 is 13.2 Å². The molecular formula is C17H29ClN4O3S. The molecule has 1 saturated carbocycles. The number of amides is 1. The minimum atomic E-state index is -3.57. The molecule has 1 fully saturated rings. The Morgan fingerprint density at radius 2 is 1.85 bits per heavy atom. The lowest BCUT2D eigenvalue weighted by Gasteiger charge is -2.27. The minimum absolute atomic E-state index is 0. The molecule has 148 valence electrons. The molecule has 1 aliphatic rings. The lowest BCUT2D eigenvalue weighted by molar-refractivity contribution is -0.120. The van der Waals surface area contributed by atoms with Crippen molar-refractivity contribution in [3.8, 4) is 0 Å². The molecule has 2 rings (SSSR count). The van der Waals surface area contributed by atoms with E-state index in [4.69, 9.17) is 5.73 Å². The van der Waals surface area contributed by atoms with Gasteiger partial charge >= 0.3 is 0 Å². The normalized spacial score (nSPS) is 20.4. The van der Waals surface area contributed by atoms with Gasteiger partial charge in [-0.25, -0.2) is 12.7 Å². The Hall–Kier alpha value is -1.35. The Labute approximate surface area is 162 Å². The largest absolute Gasteiger partial charge is 0.376 e. The van der Waals surface area contributed by atoms with E-state index in [2.05, 4.69) is 5.32 Å². The van der Waals surface area contributed by atoms with Crippen molar-refractivity contribution in [2.24, 2.45) is 11.7 Å². The van der Waals surface area contributed by atoms with E-state index in [-0.39, 0.29) is 35.2 Å². The molecule has 0 aromatic heterocycles. The number of hydrogen-bond acceptors (Lipinski definition) is 5. The van der Waals surface area contributed by atoms with Gasteiger partial charge in [-0.15, -0.1) is 12.4 Å². The first-order valence-electron chi connectivity index (χ1n) is 8.43. The van der Waals surface area contributed by atoms with Gasteiger partial charge in [0, 0.05) is 40.2 Å². The average molecular weight is 405 g/mol. The predicted octanol–water partition coefficient (Wildman–Crippen LogP) is 1.88. The Kier molecular flexibility index (Phi) is 7.88. The van der Waals surface area contributed by atoms with Crippen molar-refractivity contribution in [3.05, 3.63) is 18.2 Å². The zero-order valence-corrected chi connectivity index (χ0v) is 17.4. The van der Waals surface area contributed by atoms with Gasteiger partial charge in [0.2, 0.25) is 15.9 Å². The summed E-state index contributed by atoms with van der Waals surface area (Å²) in [6.07, 6.45) is 3.36. The summed E-state index contributed by atoms with van der Waals surface area (Å²) >= 11 is 0. The summed E-state index contributed by atoms with van der Waals surface area (Å²) in [7, 11) is 3.10. The molecule has 2 atom stereocenters. The maximum Gasteiger partial charge on any atom is 0.242 e. The zero-order chi connectivity index (χ0) is 18.8. The van der Waals surface area contributed by atoms with Crippen LogP contribution in [0.25, 0.3) is 0 Å². The van der Waals surface area contributed by atoms with E-state index in [1.165, 1.54) is 20.2 Å². The van der Waals surface area contributed by atoms with Crippen molar-refractivity contribution in [2.45, 2.75) is 36.6 Å². The average Bonchev–Trinajstić information content (AvgIpc) is 2.54.